The van der Waals surface area contributed by atoms with Gasteiger partial charge in [0.05, 0.1) is 17.7 Å². The number of nitrogens with one attached hydrogen (secondary N) is 1. The third-order valence-electron chi connectivity index (χ3n) is 3.69. The van der Waals surface area contributed by atoms with Crippen LogP contribution in [-0.2, 0) is 23.4 Å². The molecule has 1 aromatic heterocycles. The number of nitrogens with zero attached hydrogens (tertiary/aromatic N) is 4. The second-order valence-corrected chi connectivity index (χ2v) is 9.33. The van der Waals surface area contributed by atoms with Gasteiger partial charge in [-0.15, -0.1) is 0 Å². The van der Waals surface area contributed by atoms with Gasteiger partial charge in [-0.3, -0.25) is 14.9 Å². The molecule has 1 aliphatic rings. The van der Waals surface area contributed by atoms with Crippen molar-refractivity contribution in [3.63, 3.8) is 0 Å². The molecule has 1 aromatic rings. The van der Waals surface area contributed by atoms with Crippen LogP contribution in [0.2, 0.25) is 0 Å². The average molecular weight is 361 g/mol. The molecule has 0 spiro atoms. The zero-order valence-electron chi connectivity index (χ0n) is 13.3. The number of likely N-dealkylation sites (N-methyl/N-ethyl adjacent to an activating group) is 2. The van der Waals surface area contributed by atoms with E-state index in [2.05, 4.69) is 5.32 Å². The normalized spacial score (nSPS) is 18.2. The van der Waals surface area contributed by atoms with Gasteiger partial charge in [0.1, 0.15) is 5.69 Å². The number of aryl methyl sites for hydroxylation is 1. The van der Waals surface area contributed by atoms with Crippen molar-refractivity contribution in [3.8, 4) is 0 Å². The summed E-state index contributed by atoms with van der Waals surface area (Å²) in [5.41, 5.74) is 0.119. The van der Waals surface area contributed by atoms with E-state index < -0.39 is 11.5 Å². The maximum absolute atomic E-state index is 12.1. The Balaban J connectivity index is 1.86. The number of nitro groups is 1. The van der Waals surface area contributed by atoms with Gasteiger partial charge >= 0.3 is 0 Å². The largest absolute Gasteiger partial charge is 0.348 e. The lowest BCUT2D eigenvalue weighted by atomic mass is 10.4. The third kappa shape index (κ3) is 3.78. The molecular formula is C12H20N5O4PS. The highest BCUT2D eigenvalue weighted by Crippen LogP contribution is 2.55. The zero-order valence-corrected chi connectivity index (χ0v) is 15.0. The Labute approximate surface area is 139 Å². The van der Waals surface area contributed by atoms with E-state index in [0.717, 1.165) is 13.1 Å². The standard InChI is InChI=1S/C12H20N5O4PS/c1-14-9-10(17(19)20)8-11(14)12(18)13-4-7-21-22(23)15(2)5-6-16(22)3/h8-9H,4-7H2,1-3H3,(H,13,18). The molecule has 9 nitrogen and oxygen atoms in total. The molecule has 1 saturated heterocycles. The van der Waals surface area contributed by atoms with Crippen LogP contribution in [0.15, 0.2) is 12.3 Å². The van der Waals surface area contributed by atoms with Crippen LogP contribution < -0.4 is 5.32 Å². The summed E-state index contributed by atoms with van der Waals surface area (Å²) in [5, 5.41) is 13.4. The highest BCUT2D eigenvalue weighted by atomic mass is 32.5. The van der Waals surface area contributed by atoms with Gasteiger partial charge in [-0.2, -0.15) is 0 Å². The van der Waals surface area contributed by atoms with Crippen LogP contribution in [0.1, 0.15) is 10.5 Å². The van der Waals surface area contributed by atoms with Crippen LogP contribution in [0.3, 0.4) is 0 Å². The van der Waals surface area contributed by atoms with Crippen molar-refractivity contribution in [2.45, 2.75) is 0 Å². The number of hydrogen-bond acceptors (Lipinski definition) is 5. The molecule has 0 saturated carbocycles. The molecule has 128 valence electrons. The SMILES string of the molecule is CN1CCN(C)P1(=S)OCCNC(=O)c1cc([N+](=O)[O-])cn1C. The van der Waals surface area contributed by atoms with Crippen LogP contribution in [0.5, 0.6) is 0 Å². The zero-order chi connectivity index (χ0) is 17.2. The first-order valence-corrected chi connectivity index (χ1v) is 9.65. The lowest BCUT2D eigenvalue weighted by molar-refractivity contribution is -0.384. The fourth-order valence-electron chi connectivity index (χ4n) is 2.29. The minimum Gasteiger partial charge on any atom is -0.348 e. The Hall–Kier alpha value is -1.32. The van der Waals surface area contributed by atoms with Gasteiger partial charge in [0.2, 0.25) is 6.57 Å². The second-order valence-electron chi connectivity index (χ2n) is 5.29. The van der Waals surface area contributed by atoms with Crippen LogP contribution in [0.4, 0.5) is 5.69 Å². The van der Waals surface area contributed by atoms with E-state index >= 15 is 0 Å². The van der Waals surface area contributed by atoms with Gasteiger partial charge in [-0.25, -0.2) is 9.34 Å². The van der Waals surface area contributed by atoms with Crippen molar-refractivity contribution in [3.05, 3.63) is 28.1 Å². The summed E-state index contributed by atoms with van der Waals surface area (Å²) >= 11 is 5.59. The molecule has 0 aliphatic carbocycles. The van der Waals surface area contributed by atoms with Gasteiger partial charge in [-0.05, 0) is 25.9 Å². The molecule has 0 unspecified atom stereocenters. The maximum atomic E-state index is 12.1. The molecule has 1 aliphatic heterocycles. The fraction of sp³-hybridized carbons (Fsp3) is 0.583. The molecule has 0 radical (unpaired) electrons. The third-order valence-corrected chi connectivity index (χ3v) is 8.32. The summed E-state index contributed by atoms with van der Waals surface area (Å²) in [6.45, 7) is 0.173. The lowest BCUT2D eigenvalue weighted by Crippen LogP contribution is -2.29. The van der Waals surface area contributed by atoms with Crippen molar-refractivity contribution in [2.75, 3.05) is 40.3 Å². The van der Waals surface area contributed by atoms with E-state index in [1.165, 1.54) is 16.8 Å². The number of hydrogen-bond donors (Lipinski definition) is 1. The average Bonchev–Trinajstić information content (AvgIpc) is 3.00. The Bertz CT molecular complexity index is 650. The molecule has 1 amide bonds. The van der Waals surface area contributed by atoms with Crippen molar-refractivity contribution in [2.24, 2.45) is 7.05 Å². The van der Waals surface area contributed by atoms with E-state index in [9.17, 15) is 14.9 Å². The van der Waals surface area contributed by atoms with Gasteiger partial charge in [0.15, 0.2) is 0 Å². The molecule has 0 bridgehead atoms. The van der Waals surface area contributed by atoms with Gasteiger partial charge in [-0.1, -0.05) is 0 Å². The summed E-state index contributed by atoms with van der Waals surface area (Å²) in [5.74, 6) is -0.380. The lowest BCUT2D eigenvalue weighted by Gasteiger charge is -2.28. The summed E-state index contributed by atoms with van der Waals surface area (Å²) < 4.78 is 11.3. The Kier molecular flexibility index (Phi) is 5.53. The van der Waals surface area contributed by atoms with Crippen LogP contribution in [0.25, 0.3) is 0 Å². The first-order valence-electron chi connectivity index (χ1n) is 7.02. The quantitative estimate of drug-likeness (QED) is 0.346. The van der Waals surface area contributed by atoms with E-state index in [0.29, 0.717) is 6.61 Å². The monoisotopic (exact) mass is 361 g/mol. The van der Waals surface area contributed by atoms with Crippen LogP contribution in [-0.4, -0.2) is 65.1 Å². The van der Waals surface area contributed by atoms with E-state index in [1.807, 2.05) is 23.4 Å². The highest BCUT2D eigenvalue weighted by molar-refractivity contribution is 8.10. The maximum Gasteiger partial charge on any atom is 0.287 e. The number of amides is 1. The van der Waals surface area contributed by atoms with Crippen LogP contribution >= 0.6 is 6.57 Å². The Morgan fingerprint density at radius 3 is 2.57 bits per heavy atom. The van der Waals surface area contributed by atoms with Gasteiger partial charge < -0.3 is 14.4 Å². The van der Waals surface area contributed by atoms with Crippen molar-refractivity contribution in [1.29, 1.82) is 0 Å². The minimum absolute atomic E-state index is 0.112. The fourth-order valence-corrected chi connectivity index (χ4v) is 4.93. The van der Waals surface area contributed by atoms with Crippen molar-refractivity contribution < 1.29 is 14.2 Å². The Morgan fingerprint density at radius 1 is 1.43 bits per heavy atom. The first kappa shape index (κ1) is 18.0. The van der Waals surface area contributed by atoms with Crippen LogP contribution in [0, 0.1) is 10.1 Å². The topological polar surface area (TPSA) is 92.9 Å². The summed E-state index contributed by atoms with van der Waals surface area (Å²) in [6.07, 6.45) is 1.30. The smallest absolute Gasteiger partial charge is 0.287 e. The van der Waals surface area contributed by atoms with Gasteiger partial charge in [0, 0.05) is 32.7 Å². The number of rotatable bonds is 6. The summed E-state index contributed by atoms with van der Waals surface area (Å²) in [6, 6.07) is 1.25. The summed E-state index contributed by atoms with van der Waals surface area (Å²) in [4.78, 5) is 22.2. The molecule has 1 N–H and O–H groups in total. The predicted octanol–water partition coefficient (Wildman–Crippen LogP) is 0.781. The molecule has 0 atom stereocenters. The number of carbonyl (C=O) groups is 1. The van der Waals surface area contributed by atoms with E-state index in [-0.39, 0.29) is 23.8 Å². The molecule has 2 rings (SSSR count). The number of aromatic nitrogens is 1. The predicted molar refractivity (Wildman–Crippen MR) is 89.9 cm³/mol. The van der Waals surface area contributed by atoms with E-state index in [4.69, 9.17) is 16.3 Å². The minimum atomic E-state index is -2.15. The van der Waals surface area contributed by atoms with E-state index in [1.54, 1.807) is 7.05 Å². The molecule has 0 aromatic carbocycles. The van der Waals surface area contributed by atoms with Crippen molar-refractivity contribution in [1.82, 2.24) is 19.2 Å². The van der Waals surface area contributed by atoms with Crippen molar-refractivity contribution >= 4 is 30.0 Å². The molecule has 1 fully saturated rings. The molecule has 23 heavy (non-hydrogen) atoms. The molecular weight excluding hydrogens is 341 g/mol. The summed E-state index contributed by atoms with van der Waals surface area (Å²) in [7, 11) is 5.46. The second kappa shape index (κ2) is 7.06. The first-order chi connectivity index (χ1) is 10.8. The highest BCUT2D eigenvalue weighted by Gasteiger charge is 2.34. The number of carbonyl (C=O) groups excluding carboxylic acids is 1. The molecule has 2 heterocycles. The Morgan fingerprint density at radius 2 is 2.04 bits per heavy atom. The molecule has 11 heteroatoms. The van der Waals surface area contributed by atoms with Gasteiger partial charge in [0.25, 0.3) is 11.6 Å².